The number of hydrogen-bond acceptors (Lipinski definition) is 1. The Balaban J connectivity index is 1.81. The lowest BCUT2D eigenvalue weighted by molar-refractivity contribution is 0.529. The first-order valence-electron chi connectivity index (χ1n) is 8.26. The SMILES string of the molecule is CCCNC(Cc1ccccc1)c1ccc2c(c1)CCC2. The van der Waals surface area contributed by atoms with Crippen molar-refractivity contribution in [2.24, 2.45) is 0 Å². The van der Waals surface area contributed by atoms with Gasteiger partial charge in [-0.3, -0.25) is 0 Å². The summed E-state index contributed by atoms with van der Waals surface area (Å²) in [4.78, 5) is 0. The van der Waals surface area contributed by atoms with Gasteiger partial charge in [0.2, 0.25) is 0 Å². The van der Waals surface area contributed by atoms with Crippen LogP contribution in [0, 0.1) is 0 Å². The highest BCUT2D eigenvalue weighted by atomic mass is 14.9. The Hall–Kier alpha value is -1.60. The number of benzene rings is 2. The maximum atomic E-state index is 3.73. The van der Waals surface area contributed by atoms with E-state index in [1.165, 1.54) is 36.8 Å². The van der Waals surface area contributed by atoms with Gasteiger partial charge in [-0.15, -0.1) is 0 Å². The molecule has 0 saturated heterocycles. The predicted molar refractivity (Wildman–Crippen MR) is 89.6 cm³/mol. The highest BCUT2D eigenvalue weighted by Gasteiger charge is 2.16. The first-order valence-corrected chi connectivity index (χ1v) is 8.26. The van der Waals surface area contributed by atoms with Crippen LogP contribution in [0.25, 0.3) is 0 Å². The van der Waals surface area contributed by atoms with E-state index in [1.54, 1.807) is 11.1 Å². The van der Waals surface area contributed by atoms with Crippen LogP contribution in [-0.4, -0.2) is 6.54 Å². The molecule has 2 aromatic carbocycles. The molecule has 1 nitrogen and oxygen atoms in total. The third-order valence-corrected chi connectivity index (χ3v) is 4.45. The summed E-state index contributed by atoms with van der Waals surface area (Å²) in [6, 6.07) is 18.4. The molecule has 1 aliphatic carbocycles. The number of aryl methyl sites for hydroxylation is 2. The molecule has 0 amide bonds. The Morgan fingerprint density at radius 2 is 1.81 bits per heavy atom. The molecule has 0 heterocycles. The number of hydrogen-bond donors (Lipinski definition) is 1. The zero-order valence-corrected chi connectivity index (χ0v) is 12.9. The largest absolute Gasteiger partial charge is 0.310 e. The van der Waals surface area contributed by atoms with Gasteiger partial charge in [-0.1, -0.05) is 55.5 Å². The molecule has 1 aliphatic rings. The van der Waals surface area contributed by atoms with Crippen molar-refractivity contribution in [1.82, 2.24) is 5.32 Å². The van der Waals surface area contributed by atoms with Gasteiger partial charge in [-0.25, -0.2) is 0 Å². The lowest BCUT2D eigenvalue weighted by Gasteiger charge is -2.20. The molecule has 110 valence electrons. The van der Waals surface area contributed by atoms with Crippen LogP contribution in [0.3, 0.4) is 0 Å². The van der Waals surface area contributed by atoms with E-state index in [9.17, 15) is 0 Å². The fourth-order valence-corrected chi connectivity index (χ4v) is 3.28. The molecule has 0 fully saturated rings. The van der Waals surface area contributed by atoms with E-state index in [1.807, 2.05) is 0 Å². The summed E-state index contributed by atoms with van der Waals surface area (Å²) in [6.07, 6.45) is 6.09. The smallest absolute Gasteiger partial charge is 0.0360 e. The zero-order valence-electron chi connectivity index (χ0n) is 12.9. The van der Waals surface area contributed by atoms with Gasteiger partial charge in [0.05, 0.1) is 0 Å². The first kappa shape index (κ1) is 14.3. The van der Waals surface area contributed by atoms with Crippen LogP contribution in [-0.2, 0) is 19.3 Å². The number of nitrogens with one attached hydrogen (secondary N) is 1. The second-order valence-corrected chi connectivity index (χ2v) is 6.08. The lowest BCUT2D eigenvalue weighted by Crippen LogP contribution is -2.24. The standard InChI is InChI=1S/C20H25N/c1-2-13-21-20(14-16-7-4-3-5-8-16)19-12-11-17-9-6-10-18(17)15-19/h3-5,7-8,11-12,15,20-21H,2,6,9-10,13-14H2,1H3. The van der Waals surface area contributed by atoms with Crippen molar-refractivity contribution in [3.05, 3.63) is 70.8 Å². The monoisotopic (exact) mass is 279 g/mol. The molecule has 2 aromatic rings. The zero-order chi connectivity index (χ0) is 14.5. The van der Waals surface area contributed by atoms with E-state index in [2.05, 4.69) is 60.8 Å². The fraction of sp³-hybridized carbons (Fsp3) is 0.400. The van der Waals surface area contributed by atoms with Crippen LogP contribution in [0.15, 0.2) is 48.5 Å². The van der Waals surface area contributed by atoms with E-state index in [0.29, 0.717) is 6.04 Å². The number of rotatable bonds is 6. The third kappa shape index (κ3) is 3.54. The maximum absolute atomic E-state index is 3.73. The van der Waals surface area contributed by atoms with Gasteiger partial charge >= 0.3 is 0 Å². The molecular formula is C20H25N. The molecule has 1 N–H and O–H groups in total. The van der Waals surface area contributed by atoms with Crippen molar-refractivity contribution in [2.75, 3.05) is 6.54 Å². The van der Waals surface area contributed by atoms with Crippen molar-refractivity contribution < 1.29 is 0 Å². The van der Waals surface area contributed by atoms with E-state index < -0.39 is 0 Å². The Morgan fingerprint density at radius 3 is 2.62 bits per heavy atom. The van der Waals surface area contributed by atoms with E-state index in [-0.39, 0.29) is 0 Å². The summed E-state index contributed by atoms with van der Waals surface area (Å²) in [5.74, 6) is 0. The summed E-state index contributed by atoms with van der Waals surface area (Å²) in [7, 11) is 0. The van der Waals surface area contributed by atoms with Crippen LogP contribution in [0.4, 0.5) is 0 Å². The minimum Gasteiger partial charge on any atom is -0.310 e. The molecule has 0 saturated carbocycles. The molecule has 21 heavy (non-hydrogen) atoms. The Morgan fingerprint density at radius 1 is 1.00 bits per heavy atom. The van der Waals surface area contributed by atoms with Gasteiger partial charge in [0.15, 0.2) is 0 Å². The molecule has 1 heteroatoms. The van der Waals surface area contributed by atoms with Crippen LogP contribution in [0.5, 0.6) is 0 Å². The summed E-state index contributed by atoms with van der Waals surface area (Å²) in [5.41, 5.74) is 6.00. The van der Waals surface area contributed by atoms with E-state index >= 15 is 0 Å². The van der Waals surface area contributed by atoms with Crippen molar-refractivity contribution in [1.29, 1.82) is 0 Å². The molecule has 0 bridgehead atoms. The van der Waals surface area contributed by atoms with Crippen LogP contribution in [0.2, 0.25) is 0 Å². The topological polar surface area (TPSA) is 12.0 Å². The molecular weight excluding hydrogens is 254 g/mol. The second kappa shape index (κ2) is 6.91. The highest BCUT2D eigenvalue weighted by molar-refractivity contribution is 5.37. The maximum Gasteiger partial charge on any atom is 0.0360 e. The Kier molecular flexibility index (Phi) is 4.72. The average Bonchev–Trinajstić information content (AvgIpc) is 3.00. The van der Waals surface area contributed by atoms with Crippen molar-refractivity contribution in [3.8, 4) is 0 Å². The molecule has 1 atom stereocenters. The van der Waals surface area contributed by atoms with Gasteiger partial charge in [0.25, 0.3) is 0 Å². The van der Waals surface area contributed by atoms with Crippen molar-refractivity contribution in [2.45, 2.75) is 45.1 Å². The molecule has 0 radical (unpaired) electrons. The lowest BCUT2D eigenvalue weighted by atomic mass is 9.96. The summed E-state index contributed by atoms with van der Waals surface area (Å²) in [6.45, 7) is 3.31. The van der Waals surface area contributed by atoms with Crippen LogP contribution < -0.4 is 5.32 Å². The molecule has 3 rings (SSSR count). The molecule has 0 aliphatic heterocycles. The first-order chi connectivity index (χ1) is 10.4. The van der Waals surface area contributed by atoms with Crippen LogP contribution >= 0.6 is 0 Å². The summed E-state index contributed by atoms with van der Waals surface area (Å²) >= 11 is 0. The van der Waals surface area contributed by atoms with Gasteiger partial charge in [0.1, 0.15) is 0 Å². The Bertz CT molecular complexity index is 574. The fourth-order valence-electron chi connectivity index (χ4n) is 3.28. The Labute approximate surface area is 128 Å². The normalized spacial score (nSPS) is 14.9. The van der Waals surface area contributed by atoms with Gasteiger partial charge in [0, 0.05) is 6.04 Å². The number of fused-ring (bicyclic) bond motifs is 1. The summed E-state index contributed by atoms with van der Waals surface area (Å²) < 4.78 is 0. The average molecular weight is 279 g/mol. The van der Waals surface area contributed by atoms with Gasteiger partial charge in [-0.05, 0) is 60.9 Å². The van der Waals surface area contributed by atoms with Crippen LogP contribution in [0.1, 0.15) is 48.1 Å². The minimum atomic E-state index is 0.429. The minimum absolute atomic E-state index is 0.429. The molecule has 0 aromatic heterocycles. The summed E-state index contributed by atoms with van der Waals surface area (Å²) in [5, 5.41) is 3.73. The second-order valence-electron chi connectivity index (χ2n) is 6.08. The quantitative estimate of drug-likeness (QED) is 0.823. The van der Waals surface area contributed by atoms with Crippen molar-refractivity contribution >= 4 is 0 Å². The predicted octanol–water partition coefficient (Wildman–Crippen LogP) is 4.46. The molecule has 0 spiro atoms. The van der Waals surface area contributed by atoms with Gasteiger partial charge in [-0.2, -0.15) is 0 Å². The highest BCUT2D eigenvalue weighted by Crippen LogP contribution is 2.27. The molecule has 1 unspecified atom stereocenters. The van der Waals surface area contributed by atoms with E-state index in [4.69, 9.17) is 0 Å². The van der Waals surface area contributed by atoms with Crippen molar-refractivity contribution in [3.63, 3.8) is 0 Å². The van der Waals surface area contributed by atoms with Gasteiger partial charge < -0.3 is 5.32 Å². The third-order valence-electron chi connectivity index (χ3n) is 4.45. The van der Waals surface area contributed by atoms with E-state index in [0.717, 1.165) is 13.0 Å².